The molecule has 0 aromatic heterocycles. The molecule has 1 aromatic rings. The van der Waals surface area contributed by atoms with Crippen molar-refractivity contribution in [2.45, 2.75) is 19.9 Å². The fraction of sp³-hybridized carbons (Fsp3) is 0.333. The van der Waals surface area contributed by atoms with Crippen LogP contribution in [0.4, 0.5) is 5.69 Å². The molecule has 1 unspecified atom stereocenters. The van der Waals surface area contributed by atoms with Crippen molar-refractivity contribution in [3.63, 3.8) is 0 Å². The van der Waals surface area contributed by atoms with Crippen LogP contribution in [0.3, 0.4) is 0 Å². The van der Waals surface area contributed by atoms with Gasteiger partial charge < -0.3 is 15.7 Å². The van der Waals surface area contributed by atoms with Crippen LogP contribution in [0.25, 0.3) is 0 Å². The third kappa shape index (κ3) is 3.21. The van der Waals surface area contributed by atoms with E-state index in [4.69, 9.17) is 5.11 Å². The highest BCUT2D eigenvalue weighted by molar-refractivity contribution is 5.89. The van der Waals surface area contributed by atoms with Crippen molar-refractivity contribution in [3.8, 4) is 0 Å². The average molecular weight is 236 g/mol. The van der Waals surface area contributed by atoms with Gasteiger partial charge in [-0.25, -0.2) is 4.79 Å². The summed E-state index contributed by atoms with van der Waals surface area (Å²) < 4.78 is 0. The molecular weight excluding hydrogens is 220 g/mol. The van der Waals surface area contributed by atoms with Gasteiger partial charge in [0.05, 0.1) is 11.6 Å². The minimum atomic E-state index is -0.972. The third-order valence-corrected chi connectivity index (χ3v) is 2.46. The quantitative estimate of drug-likeness (QED) is 0.742. The molecule has 1 atom stereocenters. The van der Waals surface area contributed by atoms with Crippen molar-refractivity contribution >= 4 is 17.6 Å². The van der Waals surface area contributed by atoms with E-state index in [1.54, 1.807) is 19.2 Å². The van der Waals surface area contributed by atoms with Gasteiger partial charge in [0.25, 0.3) is 0 Å². The number of hydrogen-bond acceptors (Lipinski definition) is 3. The number of nitrogens with one attached hydrogen (secondary N) is 2. The van der Waals surface area contributed by atoms with Gasteiger partial charge in [0.2, 0.25) is 5.91 Å². The lowest BCUT2D eigenvalue weighted by atomic mass is 10.0. The second-order valence-corrected chi connectivity index (χ2v) is 3.78. The van der Waals surface area contributed by atoms with Gasteiger partial charge >= 0.3 is 5.97 Å². The van der Waals surface area contributed by atoms with Gasteiger partial charge in [0.15, 0.2) is 0 Å². The molecule has 92 valence electrons. The summed E-state index contributed by atoms with van der Waals surface area (Å²) in [6.07, 6.45) is 0. The van der Waals surface area contributed by atoms with E-state index in [9.17, 15) is 9.59 Å². The number of anilines is 1. The van der Waals surface area contributed by atoms with Crippen LogP contribution in [0.15, 0.2) is 18.2 Å². The first kappa shape index (κ1) is 13.0. The Kier molecular flexibility index (Phi) is 4.09. The first-order chi connectivity index (χ1) is 7.95. The Hall–Kier alpha value is -2.04. The van der Waals surface area contributed by atoms with Crippen LogP contribution in [-0.2, 0) is 4.79 Å². The molecule has 0 aliphatic heterocycles. The number of rotatable bonds is 4. The van der Waals surface area contributed by atoms with E-state index in [-0.39, 0.29) is 17.5 Å². The van der Waals surface area contributed by atoms with E-state index in [0.717, 1.165) is 5.56 Å². The molecule has 1 aromatic carbocycles. The summed E-state index contributed by atoms with van der Waals surface area (Å²) >= 11 is 0. The molecule has 0 spiro atoms. The molecule has 0 heterocycles. The fourth-order valence-electron chi connectivity index (χ4n) is 1.67. The number of carbonyl (C=O) groups excluding carboxylic acids is 1. The Bertz CT molecular complexity index is 443. The molecule has 3 N–H and O–H groups in total. The zero-order valence-corrected chi connectivity index (χ0v) is 10.1. The van der Waals surface area contributed by atoms with Crippen LogP contribution in [0, 0.1) is 0 Å². The number of carboxylic acids is 1. The molecular formula is C12H16N2O3. The molecule has 1 amide bonds. The van der Waals surface area contributed by atoms with Gasteiger partial charge in [0, 0.05) is 19.7 Å². The predicted molar refractivity (Wildman–Crippen MR) is 65.2 cm³/mol. The molecule has 0 aliphatic rings. The summed E-state index contributed by atoms with van der Waals surface area (Å²) in [5, 5.41) is 14.6. The van der Waals surface area contributed by atoms with Gasteiger partial charge in [-0.2, -0.15) is 0 Å². The number of carboxylic acid groups (broad SMARTS) is 1. The molecule has 0 aliphatic carbocycles. The highest BCUT2D eigenvalue weighted by atomic mass is 16.4. The number of aromatic carboxylic acids is 1. The maximum absolute atomic E-state index is 11.0. The second-order valence-electron chi connectivity index (χ2n) is 3.78. The van der Waals surface area contributed by atoms with E-state index >= 15 is 0 Å². The normalized spacial score (nSPS) is 11.7. The van der Waals surface area contributed by atoms with Gasteiger partial charge in [-0.3, -0.25) is 4.79 Å². The molecule has 5 heteroatoms. The van der Waals surface area contributed by atoms with Gasteiger partial charge in [0.1, 0.15) is 0 Å². The van der Waals surface area contributed by atoms with Crippen LogP contribution >= 0.6 is 0 Å². The fourth-order valence-corrected chi connectivity index (χ4v) is 1.67. The smallest absolute Gasteiger partial charge is 0.335 e. The van der Waals surface area contributed by atoms with Crippen LogP contribution in [0.1, 0.15) is 35.8 Å². The molecule has 0 radical (unpaired) electrons. The molecule has 0 saturated heterocycles. The lowest BCUT2D eigenvalue weighted by molar-refractivity contribution is -0.119. The molecule has 5 nitrogen and oxygen atoms in total. The van der Waals surface area contributed by atoms with Crippen LogP contribution in [0.5, 0.6) is 0 Å². The summed E-state index contributed by atoms with van der Waals surface area (Å²) in [6.45, 7) is 3.29. The van der Waals surface area contributed by atoms with Crippen molar-refractivity contribution in [2.75, 3.05) is 12.4 Å². The predicted octanol–water partition coefficient (Wildman–Crippen LogP) is 1.62. The summed E-state index contributed by atoms with van der Waals surface area (Å²) in [6, 6.07) is 4.61. The maximum Gasteiger partial charge on any atom is 0.335 e. The van der Waals surface area contributed by atoms with E-state index < -0.39 is 5.97 Å². The Morgan fingerprint density at radius 2 is 2.00 bits per heavy atom. The lowest BCUT2D eigenvalue weighted by Gasteiger charge is -2.17. The SMILES string of the molecule is CNc1cc(C(=O)O)ccc1C(C)NC(C)=O. The van der Waals surface area contributed by atoms with Crippen molar-refractivity contribution in [3.05, 3.63) is 29.3 Å². The number of carbonyl (C=O) groups is 2. The molecule has 1 rings (SSSR count). The van der Waals surface area contributed by atoms with Crippen molar-refractivity contribution in [2.24, 2.45) is 0 Å². The van der Waals surface area contributed by atoms with E-state index in [1.807, 2.05) is 6.92 Å². The largest absolute Gasteiger partial charge is 0.478 e. The maximum atomic E-state index is 11.0. The van der Waals surface area contributed by atoms with Gasteiger partial charge in [-0.1, -0.05) is 6.07 Å². The minimum Gasteiger partial charge on any atom is -0.478 e. The Morgan fingerprint density at radius 1 is 1.35 bits per heavy atom. The van der Waals surface area contributed by atoms with Gasteiger partial charge in [-0.05, 0) is 24.6 Å². The Balaban J connectivity index is 3.07. The monoisotopic (exact) mass is 236 g/mol. The van der Waals surface area contributed by atoms with Crippen molar-refractivity contribution < 1.29 is 14.7 Å². The zero-order valence-electron chi connectivity index (χ0n) is 10.1. The number of benzene rings is 1. The summed E-state index contributed by atoms with van der Waals surface area (Å²) in [4.78, 5) is 21.8. The van der Waals surface area contributed by atoms with Gasteiger partial charge in [-0.15, -0.1) is 0 Å². The summed E-state index contributed by atoms with van der Waals surface area (Å²) in [7, 11) is 1.71. The van der Waals surface area contributed by atoms with Crippen LogP contribution < -0.4 is 10.6 Å². The molecule has 0 bridgehead atoms. The molecule has 17 heavy (non-hydrogen) atoms. The lowest BCUT2D eigenvalue weighted by Crippen LogP contribution is -2.24. The molecule has 0 saturated carbocycles. The van der Waals surface area contributed by atoms with E-state index in [2.05, 4.69) is 10.6 Å². The van der Waals surface area contributed by atoms with E-state index in [1.165, 1.54) is 13.0 Å². The second kappa shape index (κ2) is 5.34. The van der Waals surface area contributed by atoms with Crippen molar-refractivity contribution in [1.82, 2.24) is 5.32 Å². The zero-order chi connectivity index (χ0) is 13.0. The number of hydrogen-bond donors (Lipinski definition) is 3. The standard InChI is InChI=1S/C12H16N2O3/c1-7(14-8(2)15)10-5-4-9(12(16)17)6-11(10)13-3/h4-7,13H,1-3H3,(H,14,15)(H,16,17). The highest BCUT2D eigenvalue weighted by Crippen LogP contribution is 2.24. The highest BCUT2D eigenvalue weighted by Gasteiger charge is 2.13. The van der Waals surface area contributed by atoms with Crippen LogP contribution in [0.2, 0.25) is 0 Å². The molecule has 0 fully saturated rings. The van der Waals surface area contributed by atoms with Crippen molar-refractivity contribution in [1.29, 1.82) is 0 Å². The van der Waals surface area contributed by atoms with E-state index in [0.29, 0.717) is 5.69 Å². The minimum absolute atomic E-state index is 0.123. The average Bonchev–Trinajstić information content (AvgIpc) is 2.27. The Labute approximate surface area is 99.8 Å². The first-order valence-corrected chi connectivity index (χ1v) is 5.27. The number of amides is 1. The summed E-state index contributed by atoms with van der Waals surface area (Å²) in [5.74, 6) is -1.10. The first-order valence-electron chi connectivity index (χ1n) is 5.27. The Morgan fingerprint density at radius 3 is 2.47 bits per heavy atom. The topological polar surface area (TPSA) is 78.4 Å². The third-order valence-electron chi connectivity index (χ3n) is 2.46. The summed E-state index contributed by atoms with van der Waals surface area (Å²) in [5.41, 5.74) is 1.77. The van der Waals surface area contributed by atoms with Crippen LogP contribution in [-0.4, -0.2) is 24.0 Å².